The average molecular weight is 300 g/mol. The molecule has 1 saturated heterocycles. The third kappa shape index (κ3) is 2.74. The van der Waals surface area contributed by atoms with E-state index in [2.05, 4.69) is 19.1 Å². The van der Waals surface area contributed by atoms with Gasteiger partial charge in [0.15, 0.2) is 0 Å². The molecule has 1 heterocycles. The summed E-state index contributed by atoms with van der Waals surface area (Å²) in [5.41, 5.74) is 0.811. The number of hydrogen-bond acceptors (Lipinski definition) is 2. The maximum Gasteiger partial charge on any atom is 0.233 e. The van der Waals surface area contributed by atoms with Gasteiger partial charge in [0, 0.05) is 32.6 Å². The van der Waals surface area contributed by atoms with Crippen LogP contribution in [0.3, 0.4) is 0 Å². The van der Waals surface area contributed by atoms with Gasteiger partial charge in [0.2, 0.25) is 11.8 Å². The summed E-state index contributed by atoms with van der Waals surface area (Å²) in [7, 11) is 0. The van der Waals surface area contributed by atoms with Gasteiger partial charge < -0.3 is 9.80 Å². The van der Waals surface area contributed by atoms with Crippen LogP contribution in [0.5, 0.6) is 0 Å². The van der Waals surface area contributed by atoms with Crippen molar-refractivity contribution < 1.29 is 9.59 Å². The van der Waals surface area contributed by atoms with Gasteiger partial charge in [0.05, 0.1) is 5.41 Å². The fourth-order valence-electron chi connectivity index (χ4n) is 3.39. The molecular weight excluding hydrogens is 276 g/mol. The molecule has 0 bridgehead atoms. The topological polar surface area (TPSA) is 40.6 Å². The van der Waals surface area contributed by atoms with Crippen molar-refractivity contribution in [3.05, 3.63) is 35.9 Å². The Labute approximate surface area is 132 Å². The van der Waals surface area contributed by atoms with Gasteiger partial charge in [0.1, 0.15) is 0 Å². The Hall–Kier alpha value is -1.84. The average Bonchev–Trinajstić information content (AvgIpc) is 3.36. The third-order valence-corrected chi connectivity index (χ3v) is 4.85. The van der Waals surface area contributed by atoms with Crippen LogP contribution in [-0.4, -0.2) is 47.8 Å². The molecule has 0 spiro atoms. The lowest BCUT2D eigenvalue weighted by Gasteiger charge is -2.26. The molecule has 0 unspecified atom stereocenters. The van der Waals surface area contributed by atoms with E-state index in [4.69, 9.17) is 0 Å². The molecule has 2 aliphatic rings. The molecule has 2 fully saturated rings. The second-order valence-electron chi connectivity index (χ2n) is 6.37. The Morgan fingerprint density at radius 1 is 1.14 bits per heavy atom. The lowest BCUT2D eigenvalue weighted by molar-refractivity contribution is -0.133. The fourth-order valence-corrected chi connectivity index (χ4v) is 3.39. The van der Waals surface area contributed by atoms with Crippen molar-refractivity contribution in [1.29, 1.82) is 0 Å². The van der Waals surface area contributed by atoms with Gasteiger partial charge in [-0.2, -0.15) is 0 Å². The van der Waals surface area contributed by atoms with E-state index in [0.717, 1.165) is 31.4 Å². The molecule has 0 aromatic heterocycles. The van der Waals surface area contributed by atoms with E-state index in [9.17, 15) is 9.59 Å². The number of rotatable bonds is 4. The number of nitrogens with zero attached hydrogens (tertiary/aromatic N) is 2. The molecule has 4 heteroatoms. The molecule has 4 nitrogen and oxygen atoms in total. The summed E-state index contributed by atoms with van der Waals surface area (Å²) in [4.78, 5) is 28.9. The van der Waals surface area contributed by atoms with Crippen molar-refractivity contribution in [3.63, 3.8) is 0 Å². The van der Waals surface area contributed by atoms with Crippen molar-refractivity contribution >= 4 is 11.8 Å². The Balaban J connectivity index is 1.72. The predicted octanol–water partition coefficient (Wildman–Crippen LogP) is 2.19. The molecule has 2 amide bonds. The highest BCUT2D eigenvalue weighted by Crippen LogP contribution is 2.49. The monoisotopic (exact) mass is 300 g/mol. The van der Waals surface area contributed by atoms with Crippen LogP contribution in [0.15, 0.2) is 30.3 Å². The second kappa shape index (κ2) is 6.11. The number of benzene rings is 1. The molecule has 0 N–H and O–H groups in total. The zero-order valence-corrected chi connectivity index (χ0v) is 13.3. The van der Waals surface area contributed by atoms with E-state index >= 15 is 0 Å². The van der Waals surface area contributed by atoms with Crippen LogP contribution in [0.2, 0.25) is 0 Å². The number of amides is 2. The fraction of sp³-hybridized carbons (Fsp3) is 0.556. The van der Waals surface area contributed by atoms with Gasteiger partial charge >= 0.3 is 0 Å². The van der Waals surface area contributed by atoms with Crippen LogP contribution in [-0.2, 0) is 15.0 Å². The zero-order chi connectivity index (χ0) is 15.6. The molecule has 1 aromatic carbocycles. The molecule has 0 radical (unpaired) electrons. The van der Waals surface area contributed by atoms with Crippen molar-refractivity contribution in [3.8, 4) is 0 Å². The first-order valence-electron chi connectivity index (χ1n) is 8.30. The van der Waals surface area contributed by atoms with Crippen molar-refractivity contribution in [2.75, 3.05) is 26.2 Å². The molecule has 0 atom stereocenters. The summed E-state index contributed by atoms with van der Waals surface area (Å²) in [6, 6.07) is 10.1. The Bertz CT molecular complexity index is 551. The first-order chi connectivity index (χ1) is 10.7. The number of carbonyl (C=O) groups is 2. The maximum atomic E-state index is 13.0. The van der Waals surface area contributed by atoms with Crippen LogP contribution in [0, 0.1) is 0 Å². The van der Waals surface area contributed by atoms with Gasteiger partial charge in [-0.25, -0.2) is 0 Å². The maximum absolute atomic E-state index is 13.0. The summed E-state index contributed by atoms with van der Waals surface area (Å²) in [5, 5.41) is 0. The quantitative estimate of drug-likeness (QED) is 0.855. The normalized spacial score (nSPS) is 20.7. The zero-order valence-electron chi connectivity index (χ0n) is 13.3. The van der Waals surface area contributed by atoms with E-state index in [1.54, 1.807) is 0 Å². The summed E-state index contributed by atoms with van der Waals surface area (Å²) in [5.74, 6) is 0.395. The minimum absolute atomic E-state index is 0.182. The van der Waals surface area contributed by atoms with E-state index in [1.807, 2.05) is 28.0 Å². The first kappa shape index (κ1) is 15.1. The number of hydrogen-bond donors (Lipinski definition) is 0. The van der Waals surface area contributed by atoms with Gasteiger partial charge in [0.25, 0.3) is 0 Å². The lowest BCUT2D eigenvalue weighted by Crippen LogP contribution is -2.41. The van der Waals surface area contributed by atoms with E-state index in [1.165, 1.54) is 0 Å². The molecule has 118 valence electrons. The second-order valence-corrected chi connectivity index (χ2v) is 6.37. The van der Waals surface area contributed by atoms with Crippen LogP contribution in [0.1, 0.15) is 38.2 Å². The standard InChI is InChI=1S/C18H24N2O2/c1-2-11-19-13-14-20(12-8-16(19)21)17(22)18(9-10-18)15-6-4-3-5-7-15/h3-7H,2,8-14H2,1H3. The van der Waals surface area contributed by atoms with Crippen molar-refractivity contribution in [1.82, 2.24) is 9.80 Å². The van der Waals surface area contributed by atoms with Crippen LogP contribution in [0.4, 0.5) is 0 Å². The Morgan fingerprint density at radius 3 is 2.50 bits per heavy atom. The Kier molecular flexibility index (Phi) is 4.19. The lowest BCUT2D eigenvalue weighted by atomic mass is 9.94. The largest absolute Gasteiger partial charge is 0.341 e. The minimum atomic E-state index is -0.315. The smallest absolute Gasteiger partial charge is 0.233 e. The van der Waals surface area contributed by atoms with Gasteiger partial charge in [-0.1, -0.05) is 37.3 Å². The van der Waals surface area contributed by atoms with Crippen LogP contribution < -0.4 is 0 Å². The minimum Gasteiger partial charge on any atom is -0.341 e. The summed E-state index contributed by atoms with van der Waals surface area (Å²) < 4.78 is 0. The molecule has 1 aliphatic heterocycles. The predicted molar refractivity (Wildman–Crippen MR) is 85.4 cm³/mol. The highest BCUT2D eigenvalue weighted by atomic mass is 16.2. The van der Waals surface area contributed by atoms with Gasteiger partial charge in [-0.15, -0.1) is 0 Å². The SMILES string of the molecule is CCCN1CCN(C(=O)C2(c3ccccc3)CC2)CCC1=O. The Morgan fingerprint density at radius 2 is 1.86 bits per heavy atom. The van der Waals surface area contributed by atoms with Gasteiger partial charge in [-0.3, -0.25) is 9.59 Å². The molecule has 1 aliphatic carbocycles. The van der Waals surface area contributed by atoms with Crippen molar-refractivity contribution in [2.45, 2.75) is 38.0 Å². The van der Waals surface area contributed by atoms with E-state index in [0.29, 0.717) is 26.1 Å². The summed E-state index contributed by atoms with van der Waals surface area (Å²) >= 11 is 0. The van der Waals surface area contributed by atoms with Crippen LogP contribution >= 0.6 is 0 Å². The molecule has 1 aromatic rings. The summed E-state index contributed by atoms with van der Waals surface area (Å²) in [6.45, 7) is 4.77. The van der Waals surface area contributed by atoms with E-state index in [-0.39, 0.29) is 17.2 Å². The van der Waals surface area contributed by atoms with Crippen molar-refractivity contribution in [2.24, 2.45) is 0 Å². The van der Waals surface area contributed by atoms with E-state index < -0.39 is 0 Å². The molecule has 3 rings (SSSR count). The highest BCUT2D eigenvalue weighted by molar-refractivity contribution is 5.92. The van der Waals surface area contributed by atoms with Gasteiger partial charge in [-0.05, 0) is 24.8 Å². The molecule has 22 heavy (non-hydrogen) atoms. The first-order valence-corrected chi connectivity index (χ1v) is 8.30. The number of carbonyl (C=O) groups excluding carboxylic acids is 2. The van der Waals surface area contributed by atoms with Crippen LogP contribution in [0.25, 0.3) is 0 Å². The summed E-state index contributed by atoms with van der Waals surface area (Å²) in [6.07, 6.45) is 3.28. The third-order valence-electron chi connectivity index (χ3n) is 4.85. The molecular formula is C18H24N2O2. The molecule has 1 saturated carbocycles. The highest BCUT2D eigenvalue weighted by Gasteiger charge is 2.53.